The van der Waals surface area contributed by atoms with Crippen LogP contribution in [0.25, 0.3) is 0 Å². The number of nitrogens with zero attached hydrogens (tertiary/aromatic N) is 3. The summed E-state index contributed by atoms with van der Waals surface area (Å²) < 4.78 is 14.1. The highest BCUT2D eigenvalue weighted by atomic mass is 19.1. The van der Waals surface area contributed by atoms with Crippen molar-refractivity contribution in [2.45, 2.75) is 6.54 Å². The molecule has 0 fully saturated rings. The molecular weight excluding hydrogens is 355 g/mol. The lowest BCUT2D eigenvalue weighted by Gasteiger charge is -2.08. The van der Waals surface area contributed by atoms with Gasteiger partial charge in [-0.3, -0.25) is 19.7 Å². The summed E-state index contributed by atoms with van der Waals surface area (Å²) >= 11 is 0. The Kier molecular flexibility index (Phi) is 5.02. The minimum atomic E-state index is -0.572. The van der Waals surface area contributed by atoms with Gasteiger partial charge in [0.25, 0.3) is 17.2 Å². The molecule has 0 saturated carbocycles. The largest absolute Gasteiger partial charge is 0.321 e. The van der Waals surface area contributed by atoms with E-state index >= 15 is 0 Å². The Morgan fingerprint density at radius 3 is 2.37 bits per heavy atom. The first-order chi connectivity index (χ1) is 12.9. The van der Waals surface area contributed by atoms with Crippen molar-refractivity contribution in [2.24, 2.45) is 0 Å². The second-order valence-corrected chi connectivity index (χ2v) is 5.60. The van der Waals surface area contributed by atoms with Gasteiger partial charge in [0.15, 0.2) is 0 Å². The SMILES string of the molecule is O=C(Nc1ccc([N+](=O)[O-])cc1)c1ccc(=O)n(Cc2ccc(F)cc2)n1. The van der Waals surface area contributed by atoms with Crippen molar-refractivity contribution in [2.75, 3.05) is 5.32 Å². The highest BCUT2D eigenvalue weighted by molar-refractivity contribution is 6.02. The molecule has 0 unspecified atom stereocenters. The first-order valence-electron chi connectivity index (χ1n) is 7.81. The van der Waals surface area contributed by atoms with Gasteiger partial charge in [-0.1, -0.05) is 12.1 Å². The molecule has 0 saturated heterocycles. The van der Waals surface area contributed by atoms with Crippen LogP contribution in [0, 0.1) is 15.9 Å². The van der Waals surface area contributed by atoms with Crippen LogP contribution in [0.15, 0.2) is 65.5 Å². The van der Waals surface area contributed by atoms with Crippen LogP contribution in [-0.2, 0) is 6.54 Å². The van der Waals surface area contributed by atoms with E-state index in [0.717, 1.165) is 4.68 Å². The Morgan fingerprint density at radius 2 is 1.74 bits per heavy atom. The number of halogens is 1. The van der Waals surface area contributed by atoms with E-state index in [0.29, 0.717) is 11.3 Å². The zero-order valence-corrected chi connectivity index (χ0v) is 13.8. The molecule has 0 aliphatic carbocycles. The van der Waals surface area contributed by atoms with Crippen molar-refractivity contribution in [1.82, 2.24) is 9.78 Å². The zero-order valence-electron chi connectivity index (χ0n) is 13.8. The number of nitro benzene ring substituents is 1. The smallest absolute Gasteiger partial charge is 0.276 e. The molecular formula is C18H13FN4O4. The lowest BCUT2D eigenvalue weighted by molar-refractivity contribution is -0.384. The molecule has 136 valence electrons. The normalized spacial score (nSPS) is 10.4. The minimum Gasteiger partial charge on any atom is -0.321 e. The second kappa shape index (κ2) is 7.56. The fraction of sp³-hybridized carbons (Fsp3) is 0.0556. The summed E-state index contributed by atoms with van der Waals surface area (Å²) in [6, 6.07) is 13.4. The molecule has 1 heterocycles. The molecule has 27 heavy (non-hydrogen) atoms. The summed E-state index contributed by atoms with van der Waals surface area (Å²) in [5, 5.41) is 17.2. The number of amides is 1. The lowest BCUT2D eigenvalue weighted by Crippen LogP contribution is -2.26. The predicted molar refractivity (Wildman–Crippen MR) is 95.0 cm³/mol. The van der Waals surface area contributed by atoms with Crippen LogP contribution in [0.3, 0.4) is 0 Å². The Balaban J connectivity index is 1.78. The molecule has 0 aliphatic heterocycles. The molecule has 1 N–H and O–H groups in total. The van der Waals surface area contributed by atoms with Crippen molar-refractivity contribution in [1.29, 1.82) is 0 Å². The van der Waals surface area contributed by atoms with E-state index in [9.17, 15) is 24.1 Å². The molecule has 8 nitrogen and oxygen atoms in total. The van der Waals surface area contributed by atoms with Crippen LogP contribution in [0.4, 0.5) is 15.8 Å². The van der Waals surface area contributed by atoms with Gasteiger partial charge < -0.3 is 5.32 Å². The summed E-state index contributed by atoms with van der Waals surface area (Å²) in [5.74, 6) is -0.966. The van der Waals surface area contributed by atoms with E-state index in [2.05, 4.69) is 10.4 Å². The molecule has 0 spiro atoms. The molecule has 1 aromatic heterocycles. The van der Waals surface area contributed by atoms with E-state index < -0.39 is 22.2 Å². The standard InChI is InChI=1S/C18H13FN4O4/c19-13-3-1-12(2-4-13)11-22-17(24)10-9-16(21-22)18(25)20-14-5-7-15(8-6-14)23(26)27/h1-10H,11H2,(H,20,25). The number of hydrogen-bond donors (Lipinski definition) is 1. The molecule has 9 heteroatoms. The number of carbonyl (C=O) groups is 1. The number of nitro groups is 1. The van der Waals surface area contributed by atoms with Crippen molar-refractivity contribution in [3.8, 4) is 0 Å². The van der Waals surface area contributed by atoms with Gasteiger partial charge in [-0.15, -0.1) is 0 Å². The van der Waals surface area contributed by atoms with E-state index in [4.69, 9.17) is 0 Å². The van der Waals surface area contributed by atoms with Gasteiger partial charge in [0.1, 0.15) is 11.5 Å². The number of nitrogens with one attached hydrogen (secondary N) is 1. The number of non-ortho nitro benzene ring substituents is 1. The molecule has 0 radical (unpaired) electrons. The van der Waals surface area contributed by atoms with Gasteiger partial charge in [0.2, 0.25) is 0 Å². The van der Waals surface area contributed by atoms with Crippen LogP contribution in [0.2, 0.25) is 0 Å². The van der Waals surface area contributed by atoms with Crippen LogP contribution in [-0.4, -0.2) is 20.6 Å². The number of anilines is 1. The van der Waals surface area contributed by atoms with E-state index in [1.54, 1.807) is 0 Å². The minimum absolute atomic E-state index is 0.00457. The van der Waals surface area contributed by atoms with Gasteiger partial charge in [0.05, 0.1) is 11.5 Å². The van der Waals surface area contributed by atoms with Crippen molar-refractivity contribution in [3.63, 3.8) is 0 Å². The highest BCUT2D eigenvalue weighted by Gasteiger charge is 2.12. The average Bonchev–Trinajstić information content (AvgIpc) is 2.65. The lowest BCUT2D eigenvalue weighted by atomic mass is 10.2. The first kappa shape index (κ1) is 17.9. The maximum atomic E-state index is 13.0. The molecule has 3 rings (SSSR count). The number of aromatic nitrogens is 2. The molecule has 2 aromatic carbocycles. The monoisotopic (exact) mass is 368 g/mol. The molecule has 0 atom stereocenters. The fourth-order valence-electron chi connectivity index (χ4n) is 2.31. The first-order valence-corrected chi connectivity index (χ1v) is 7.81. The van der Waals surface area contributed by atoms with Gasteiger partial charge in [0, 0.05) is 23.9 Å². The van der Waals surface area contributed by atoms with Crippen LogP contribution in [0.5, 0.6) is 0 Å². The maximum absolute atomic E-state index is 13.0. The number of carbonyl (C=O) groups excluding carboxylic acids is 1. The van der Waals surface area contributed by atoms with Gasteiger partial charge in [-0.2, -0.15) is 5.10 Å². The van der Waals surface area contributed by atoms with E-state index in [-0.39, 0.29) is 17.9 Å². The van der Waals surface area contributed by atoms with Crippen LogP contribution >= 0.6 is 0 Å². The van der Waals surface area contributed by atoms with Crippen molar-refractivity contribution >= 4 is 17.3 Å². The van der Waals surface area contributed by atoms with Crippen LogP contribution < -0.4 is 10.9 Å². The van der Waals surface area contributed by atoms with Crippen LogP contribution in [0.1, 0.15) is 16.1 Å². The summed E-state index contributed by atoms with van der Waals surface area (Å²) in [6.07, 6.45) is 0. The number of rotatable bonds is 5. The number of benzene rings is 2. The van der Waals surface area contributed by atoms with Gasteiger partial charge >= 0.3 is 0 Å². The topological polar surface area (TPSA) is 107 Å². The maximum Gasteiger partial charge on any atom is 0.276 e. The second-order valence-electron chi connectivity index (χ2n) is 5.60. The third-order valence-electron chi connectivity index (χ3n) is 3.68. The molecule has 0 bridgehead atoms. The molecule has 0 aliphatic rings. The zero-order chi connectivity index (χ0) is 19.4. The summed E-state index contributed by atoms with van der Waals surface area (Å²) in [7, 11) is 0. The summed E-state index contributed by atoms with van der Waals surface area (Å²) in [5.41, 5.74) is 0.489. The highest BCUT2D eigenvalue weighted by Crippen LogP contribution is 2.15. The van der Waals surface area contributed by atoms with E-state index in [1.165, 1.54) is 60.7 Å². The van der Waals surface area contributed by atoms with Crippen molar-refractivity contribution < 1.29 is 14.1 Å². The Morgan fingerprint density at radius 1 is 1.07 bits per heavy atom. The summed E-state index contributed by atoms with van der Waals surface area (Å²) in [4.78, 5) is 34.4. The third kappa shape index (κ3) is 4.40. The third-order valence-corrected chi connectivity index (χ3v) is 3.68. The predicted octanol–water partition coefficient (Wildman–Crippen LogP) is 2.59. The Hall–Kier alpha value is -3.88. The Bertz CT molecular complexity index is 1050. The van der Waals surface area contributed by atoms with E-state index in [1.807, 2.05) is 0 Å². The van der Waals surface area contributed by atoms with Gasteiger partial charge in [-0.25, -0.2) is 9.07 Å². The van der Waals surface area contributed by atoms with Crippen molar-refractivity contribution in [3.05, 3.63) is 98.2 Å². The van der Waals surface area contributed by atoms with Gasteiger partial charge in [-0.05, 0) is 35.9 Å². The fourth-order valence-corrected chi connectivity index (χ4v) is 2.31. The quantitative estimate of drug-likeness (QED) is 0.550. The number of hydrogen-bond acceptors (Lipinski definition) is 5. The molecule has 1 amide bonds. The average molecular weight is 368 g/mol. The molecule has 3 aromatic rings. The Labute approximate surface area is 152 Å². The summed E-state index contributed by atoms with van der Waals surface area (Å²) in [6.45, 7) is 0.0811.